The predicted octanol–water partition coefficient (Wildman–Crippen LogP) is 7.06. The van der Waals surface area contributed by atoms with Gasteiger partial charge in [0, 0.05) is 29.8 Å². The Morgan fingerprint density at radius 2 is 1.50 bits per heavy atom. The minimum absolute atomic E-state index is 0.0951. The second-order valence-electron chi connectivity index (χ2n) is 12.0. The van der Waals surface area contributed by atoms with Gasteiger partial charge in [-0.2, -0.15) is 10.5 Å². The van der Waals surface area contributed by atoms with E-state index in [1.807, 2.05) is 24.3 Å². The van der Waals surface area contributed by atoms with Crippen LogP contribution in [0.15, 0.2) is 53.0 Å². The van der Waals surface area contributed by atoms with E-state index in [1.54, 1.807) is 6.08 Å². The molecule has 0 bridgehead atoms. The van der Waals surface area contributed by atoms with Gasteiger partial charge in [-0.05, 0) is 70.7 Å². The molecule has 34 heavy (non-hydrogen) atoms. The Bertz CT molecular complexity index is 1180. The minimum atomic E-state index is -0.248. The Morgan fingerprint density at radius 3 is 2.00 bits per heavy atom. The first kappa shape index (κ1) is 23.9. The zero-order valence-electron chi connectivity index (χ0n) is 21.5. The lowest BCUT2D eigenvalue weighted by atomic mass is 9.69. The SMILES string of the molecule is CC(C)(C)C1=CC(=C(C#N)C#N)C=C(C=Cc2cc3c4c(c2)C(C)(C)CCN4CCC3(C)C)O1. The van der Waals surface area contributed by atoms with Crippen molar-refractivity contribution in [2.45, 2.75) is 72.1 Å². The number of anilines is 1. The fourth-order valence-corrected chi connectivity index (χ4v) is 5.01. The molecule has 1 aromatic carbocycles. The van der Waals surface area contributed by atoms with Gasteiger partial charge in [0.15, 0.2) is 0 Å². The number of ether oxygens (including phenoxy) is 1. The van der Waals surface area contributed by atoms with Gasteiger partial charge in [0.25, 0.3) is 0 Å². The minimum Gasteiger partial charge on any atom is -0.461 e. The third kappa shape index (κ3) is 4.30. The molecule has 3 aliphatic rings. The fraction of sp³-hybridized carbons (Fsp3) is 0.467. The highest BCUT2D eigenvalue weighted by Crippen LogP contribution is 2.49. The van der Waals surface area contributed by atoms with E-state index in [0.29, 0.717) is 11.3 Å². The fourth-order valence-electron chi connectivity index (χ4n) is 5.01. The summed E-state index contributed by atoms with van der Waals surface area (Å²) in [4.78, 5) is 2.57. The second kappa shape index (κ2) is 8.21. The maximum Gasteiger partial charge on any atom is 0.137 e. The molecule has 0 saturated carbocycles. The number of benzene rings is 1. The summed E-state index contributed by atoms with van der Waals surface area (Å²) in [7, 11) is 0. The van der Waals surface area contributed by atoms with Crippen molar-refractivity contribution in [1.82, 2.24) is 0 Å². The Morgan fingerprint density at radius 1 is 0.941 bits per heavy atom. The average molecular weight is 454 g/mol. The molecule has 1 aromatic rings. The van der Waals surface area contributed by atoms with E-state index in [4.69, 9.17) is 4.74 Å². The number of hydrogen-bond donors (Lipinski definition) is 0. The van der Waals surface area contributed by atoms with Crippen molar-refractivity contribution >= 4 is 11.8 Å². The summed E-state index contributed by atoms with van der Waals surface area (Å²) in [6.45, 7) is 17.8. The summed E-state index contributed by atoms with van der Waals surface area (Å²) in [6.07, 6.45) is 9.96. The molecule has 0 N–H and O–H groups in total. The van der Waals surface area contributed by atoms with Crippen molar-refractivity contribution in [2.24, 2.45) is 5.41 Å². The smallest absolute Gasteiger partial charge is 0.137 e. The summed E-state index contributed by atoms with van der Waals surface area (Å²) in [5, 5.41) is 18.8. The van der Waals surface area contributed by atoms with E-state index in [1.165, 1.54) is 16.8 Å². The topological polar surface area (TPSA) is 60.0 Å². The van der Waals surface area contributed by atoms with Gasteiger partial charge in [-0.25, -0.2) is 0 Å². The van der Waals surface area contributed by atoms with Crippen molar-refractivity contribution in [3.63, 3.8) is 0 Å². The number of nitriles is 2. The molecule has 3 heterocycles. The average Bonchev–Trinajstić information content (AvgIpc) is 2.76. The first-order valence-electron chi connectivity index (χ1n) is 12.1. The molecule has 0 radical (unpaired) electrons. The molecule has 4 rings (SSSR count). The van der Waals surface area contributed by atoms with Gasteiger partial charge in [-0.3, -0.25) is 0 Å². The van der Waals surface area contributed by atoms with Crippen LogP contribution in [0.25, 0.3) is 6.08 Å². The van der Waals surface area contributed by atoms with Gasteiger partial charge >= 0.3 is 0 Å². The molecule has 0 unspecified atom stereocenters. The Labute approximate surface area is 204 Å². The monoisotopic (exact) mass is 453 g/mol. The molecule has 0 atom stereocenters. The summed E-state index contributed by atoms with van der Waals surface area (Å²) >= 11 is 0. The molecule has 0 spiro atoms. The van der Waals surface area contributed by atoms with Crippen molar-refractivity contribution in [1.29, 1.82) is 10.5 Å². The molecule has 3 aliphatic heterocycles. The third-order valence-electron chi connectivity index (χ3n) is 7.42. The highest BCUT2D eigenvalue weighted by molar-refractivity contribution is 5.72. The predicted molar refractivity (Wildman–Crippen MR) is 138 cm³/mol. The van der Waals surface area contributed by atoms with E-state index in [9.17, 15) is 10.5 Å². The molecule has 0 saturated heterocycles. The molecule has 0 fully saturated rings. The van der Waals surface area contributed by atoms with E-state index < -0.39 is 0 Å². The van der Waals surface area contributed by atoms with Crippen molar-refractivity contribution in [3.8, 4) is 12.1 Å². The van der Waals surface area contributed by atoms with Crippen LogP contribution in [0, 0.1) is 28.1 Å². The van der Waals surface area contributed by atoms with E-state index in [0.717, 1.165) is 37.3 Å². The first-order chi connectivity index (χ1) is 15.9. The van der Waals surface area contributed by atoms with Crippen molar-refractivity contribution in [2.75, 3.05) is 18.0 Å². The molecule has 176 valence electrons. The first-order valence-corrected chi connectivity index (χ1v) is 12.1. The van der Waals surface area contributed by atoms with Crippen molar-refractivity contribution < 1.29 is 4.74 Å². The van der Waals surface area contributed by atoms with Gasteiger partial charge in [-0.1, -0.05) is 54.5 Å². The normalized spacial score (nSPS) is 20.5. The molecule has 4 heteroatoms. The van der Waals surface area contributed by atoms with Gasteiger partial charge in [-0.15, -0.1) is 0 Å². The summed E-state index contributed by atoms with van der Waals surface area (Å²) in [5.41, 5.74) is 6.15. The number of rotatable bonds is 2. The highest BCUT2D eigenvalue weighted by atomic mass is 16.5. The lowest BCUT2D eigenvalue weighted by Gasteiger charge is -2.48. The van der Waals surface area contributed by atoms with Gasteiger partial charge in [0.2, 0.25) is 0 Å². The van der Waals surface area contributed by atoms with Crippen LogP contribution in [0.3, 0.4) is 0 Å². The van der Waals surface area contributed by atoms with Crippen LogP contribution in [0.5, 0.6) is 0 Å². The second-order valence-corrected chi connectivity index (χ2v) is 12.0. The number of nitrogens with zero attached hydrogens (tertiary/aromatic N) is 3. The van der Waals surface area contributed by atoms with E-state index in [2.05, 4.69) is 71.6 Å². The lowest BCUT2D eigenvalue weighted by molar-refractivity contribution is 0.223. The van der Waals surface area contributed by atoms with Crippen LogP contribution in [0.1, 0.15) is 78.0 Å². The molecule has 0 amide bonds. The Hall–Kier alpha value is -3.24. The Balaban J connectivity index is 1.79. The van der Waals surface area contributed by atoms with Gasteiger partial charge in [0.05, 0.1) is 0 Å². The van der Waals surface area contributed by atoms with Crippen LogP contribution in [0.2, 0.25) is 0 Å². The van der Waals surface area contributed by atoms with Crippen LogP contribution in [0.4, 0.5) is 5.69 Å². The van der Waals surface area contributed by atoms with E-state index >= 15 is 0 Å². The maximum atomic E-state index is 9.41. The van der Waals surface area contributed by atoms with Crippen molar-refractivity contribution in [3.05, 3.63) is 69.7 Å². The number of allylic oxidation sites excluding steroid dienone is 6. The quantitative estimate of drug-likeness (QED) is 0.450. The summed E-state index contributed by atoms with van der Waals surface area (Å²) < 4.78 is 6.20. The summed E-state index contributed by atoms with van der Waals surface area (Å²) in [6, 6.07) is 8.69. The Kier molecular flexibility index (Phi) is 5.77. The zero-order valence-corrected chi connectivity index (χ0v) is 21.5. The van der Waals surface area contributed by atoms with Gasteiger partial charge in [0.1, 0.15) is 29.2 Å². The molecule has 0 aromatic heterocycles. The molecule has 0 aliphatic carbocycles. The number of hydrogen-bond acceptors (Lipinski definition) is 4. The highest BCUT2D eigenvalue weighted by Gasteiger charge is 2.39. The molecular formula is C30H35N3O. The molecule has 4 nitrogen and oxygen atoms in total. The lowest BCUT2D eigenvalue weighted by Crippen LogP contribution is -2.44. The molecular weight excluding hydrogens is 418 g/mol. The summed E-state index contributed by atoms with van der Waals surface area (Å²) in [5.74, 6) is 1.38. The maximum absolute atomic E-state index is 9.41. The van der Waals surface area contributed by atoms with Gasteiger partial charge < -0.3 is 9.64 Å². The largest absolute Gasteiger partial charge is 0.461 e. The van der Waals surface area contributed by atoms with Crippen LogP contribution < -0.4 is 4.90 Å². The van der Waals surface area contributed by atoms with Crippen LogP contribution in [-0.2, 0) is 15.6 Å². The van der Waals surface area contributed by atoms with Crippen LogP contribution in [-0.4, -0.2) is 13.1 Å². The standard InChI is InChI=1S/C30H35N3O/c1-28(2,3)26-17-21(22(18-31)19-32)16-23(34-26)9-8-20-14-24-27-25(15-20)30(6,7)11-13-33(27)12-10-29(24,4)5/h8-9,14-17H,10-13H2,1-7H3. The third-order valence-corrected chi connectivity index (χ3v) is 7.42. The zero-order chi connectivity index (χ0) is 24.9. The van der Waals surface area contributed by atoms with E-state index in [-0.39, 0.29) is 21.8 Å². The van der Waals surface area contributed by atoms with Crippen LogP contribution >= 0.6 is 0 Å².